The van der Waals surface area contributed by atoms with Crippen molar-refractivity contribution >= 4 is 0 Å². The Hall–Kier alpha value is -0.640. The third-order valence-corrected chi connectivity index (χ3v) is 6.61. The van der Waals surface area contributed by atoms with E-state index in [1.165, 1.54) is 5.57 Å². The van der Waals surface area contributed by atoms with Crippen LogP contribution in [0, 0.1) is 22.7 Å². The molecule has 0 aromatic heterocycles. The van der Waals surface area contributed by atoms with Crippen molar-refractivity contribution in [3.05, 3.63) is 24.3 Å². The van der Waals surface area contributed by atoms with Crippen LogP contribution in [-0.4, -0.2) is 33.6 Å². The van der Waals surface area contributed by atoms with E-state index in [0.717, 1.165) is 19.3 Å². The van der Waals surface area contributed by atoms with E-state index in [0.29, 0.717) is 18.8 Å². The van der Waals surface area contributed by atoms with Gasteiger partial charge in [0.25, 0.3) is 0 Å². The molecule has 0 aliphatic heterocycles. The fraction of sp³-hybridized carbons (Fsp3) is 0.800. The highest BCUT2D eigenvalue weighted by atomic mass is 16.3. The minimum absolute atomic E-state index is 0.0107. The molecule has 0 heterocycles. The molecule has 5 atom stereocenters. The smallest absolute Gasteiger partial charge is 0.0797 e. The van der Waals surface area contributed by atoms with Gasteiger partial charge in [0.15, 0.2) is 0 Å². The van der Waals surface area contributed by atoms with Crippen LogP contribution >= 0.6 is 0 Å². The highest BCUT2D eigenvalue weighted by Gasteiger charge is 2.56. The summed E-state index contributed by atoms with van der Waals surface area (Å²) in [7, 11) is 0. The first-order chi connectivity index (χ1) is 10.6. The van der Waals surface area contributed by atoms with Gasteiger partial charge in [-0.1, -0.05) is 31.6 Å². The lowest BCUT2D eigenvalue weighted by Crippen LogP contribution is -2.55. The zero-order chi connectivity index (χ0) is 17.5. The molecule has 3 heteroatoms. The van der Waals surface area contributed by atoms with Gasteiger partial charge in [0.1, 0.15) is 0 Å². The quantitative estimate of drug-likeness (QED) is 0.680. The molecular weight excluding hydrogens is 288 g/mol. The van der Waals surface area contributed by atoms with Crippen LogP contribution < -0.4 is 0 Å². The SMILES string of the molecule is C=C[C@@](C)(O)CC[C@@H]1C(C)=CC[C@@H]2C(C)(C)C[C@@H](O)C[C@@]12CO. The first kappa shape index (κ1) is 18.7. The molecule has 0 bridgehead atoms. The Morgan fingerprint density at radius 2 is 2.04 bits per heavy atom. The molecule has 0 radical (unpaired) electrons. The van der Waals surface area contributed by atoms with Crippen LogP contribution in [0.15, 0.2) is 24.3 Å². The monoisotopic (exact) mass is 322 g/mol. The summed E-state index contributed by atoms with van der Waals surface area (Å²) in [6.45, 7) is 12.2. The molecule has 0 unspecified atom stereocenters. The number of aliphatic hydroxyl groups excluding tert-OH is 2. The predicted molar refractivity (Wildman–Crippen MR) is 93.9 cm³/mol. The molecular formula is C20H34O3. The molecule has 132 valence electrons. The number of fused-ring (bicyclic) bond motifs is 1. The summed E-state index contributed by atoms with van der Waals surface area (Å²) >= 11 is 0. The van der Waals surface area contributed by atoms with Gasteiger partial charge in [-0.25, -0.2) is 0 Å². The van der Waals surface area contributed by atoms with E-state index < -0.39 is 5.60 Å². The molecule has 3 nitrogen and oxygen atoms in total. The summed E-state index contributed by atoms with van der Waals surface area (Å²) in [5.74, 6) is 0.567. The molecule has 0 spiro atoms. The molecule has 0 aromatic rings. The van der Waals surface area contributed by atoms with Crippen LogP contribution in [0.2, 0.25) is 0 Å². The van der Waals surface area contributed by atoms with E-state index in [1.54, 1.807) is 13.0 Å². The molecule has 0 amide bonds. The Balaban J connectivity index is 2.36. The van der Waals surface area contributed by atoms with Crippen LogP contribution in [0.4, 0.5) is 0 Å². The van der Waals surface area contributed by atoms with Gasteiger partial charge in [-0.05, 0) is 63.2 Å². The predicted octanol–water partition coefficient (Wildman–Crippen LogP) is 3.45. The molecule has 2 rings (SSSR count). The summed E-state index contributed by atoms with van der Waals surface area (Å²) in [6.07, 6.45) is 7.40. The average molecular weight is 322 g/mol. The molecule has 2 aliphatic carbocycles. The number of hydrogen-bond acceptors (Lipinski definition) is 3. The Morgan fingerprint density at radius 1 is 1.39 bits per heavy atom. The second-order valence-electron chi connectivity index (χ2n) is 8.83. The lowest BCUT2D eigenvalue weighted by atomic mass is 9.47. The Labute approximate surface area is 141 Å². The summed E-state index contributed by atoms with van der Waals surface area (Å²) in [4.78, 5) is 0. The standard InChI is InChI=1S/C20H34O3/c1-6-19(5,23)10-9-16-14(2)7-8-17-18(3,4)11-15(22)12-20(16,17)13-21/h6-7,15-17,21-23H,1,8-13H2,2-5H3/t15-,16-,17-,19-,20-/m1/s1. The van der Waals surface area contributed by atoms with Gasteiger partial charge in [0.2, 0.25) is 0 Å². The molecule has 0 aromatic carbocycles. The van der Waals surface area contributed by atoms with Gasteiger partial charge in [-0.3, -0.25) is 0 Å². The molecule has 0 saturated heterocycles. The third kappa shape index (κ3) is 3.42. The molecule has 1 fully saturated rings. The fourth-order valence-corrected chi connectivity index (χ4v) is 5.36. The van der Waals surface area contributed by atoms with Crippen molar-refractivity contribution in [3.8, 4) is 0 Å². The van der Waals surface area contributed by atoms with Gasteiger partial charge in [0.05, 0.1) is 11.7 Å². The van der Waals surface area contributed by atoms with Crippen molar-refractivity contribution in [3.63, 3.8) is 0 Å². The zero-order valence-corrected chi connectivity index (χ0v) is 15.2. The van der Waals surface area contributed by atoms with E-state index in [-0.39, 0.29) is 29.5 Å². The lowest BCUT2D eigenvalue weighted by Gasteiger charge is -2.59. The van der Waals surface area contributed by atoms with Gasteiger partial charge >= 0.3 is 0 Å². The Bertz CT molecular complexity index is 477. The van der Waals surface area contributed by atoms with Crippen LogP contribution in [0.25, 0.3) is 0 Å². The van der Waals surface area contributed by atoms with E-state index in [1.807, 2.05) is 0 Å². The molecule has 1 saturated carbocycles. The number of hydrogen-bond donors (Lipinski definition) is 3. The van der Waals surface area contributed by atoms with Crippen molar-refractivity contribution in [2.75, 3.05) is 6.61 Å². The van der Waals surface area contributed by atoms with E-state index in [2.05, 4.69) is 33.4 Å². The fourth-order valence-electron chi connectivity index (χ4n) is 5.36. The summed E-state index contributed by atoms with van der Waals surface area (Å²) in [6, 6.07) is 0. The van der Waals surface area contributed by atoms with Gasteiger partial charge in [0, 0.05) is 12.0 Å². The van der Waals surface area contributed by atoms with Crippen molar-refractivity contribution in [1.82, 2.24) is 0 Å². The molecule has 23 heavy (non-hydrogen) atoms. The molecule has 2 aliphatic rings. The van der Waals surface area contributed by atoms with Gasteiger partial charge < -0.3 is 15.3 Å². The van der Waals surface area contributed by atoms with E-state index >= 15 is 0 Å². The lowest BCUT2D eigenvalue weighted by molar-refractivity contribution is -0.130. The first-order valence-electron chi connectivity index (χ1n) is 8.89. The van der Waals surface area contributed by atoms with E-state index in [9.17, 15) is 15.3 Å². The topological polar surface area (TPSA) is 60.7 Å². The van der Waals surface area contributed by atoms with Crippen molar-refractivity contribution in [2.24, 2.45) is 22.7 Å². The first-order valence-corrected chi connectivity index (χ1v) is 8.89. The number of allylic oxidation sites excluding steroid dienone is 2. The largest absolute Gasteiger partial charge is 0.396 e. The minimum Gasteiger partial charge on any atom is -0.396 e. The summed E-state index contributed by atoms with van der Waals surface area (Å²) < 4.78 is 0. The maximum absolute atomic E-state index is 10.5. The van der Waals surface area contributed by atoms with Crippen molar-refractivity contribution in [1.29, 1.82) is 0 Å². The van der Waals surface area contributed by atoms with Crippen molar-refractivity contribution < 1.29 is 15.3 Å². The van der Waals surface area contributed by atoms with Crippen LogP contribution in [0.1, 0.15) is 59.8 Å². The number of rotatable bonds is 5. The van der Waals surface area contributed by atoms with Gasteiger partial charge in [-0.2, -0.15) is 0 Å². The Morgan fingerprint density at radius 3 is 2.61 bits per heavy atom. The van der Waals surface area contributed by atoms with Crippen LogP contribution in [0.5, 0.6) is 0 Å². The second-order valence-corrected chi connectivity index (χ2v) is 8.83. The maximum atomic E-state index is 10.5. The third-order valence-electron chi connectivity index (χ3n) is 6.61. The average Bonchev–Trinajstić information content (AvgIpc) is 2.44. The zero-order valence-electron chi connectivity index (χ0n) is 15.2. The summed E-state index contributed by atoms with van der Waals surface area (Å²) in [5.41, 5.74) is 0.140. The second kappa shape index (κ2) is 6.34. The summed E-state index contributed by atoms with van der Waals surface area (Å²) in [5, 5.41) is 31.1. The highest BCUT2D eigenvalue weighted by molar-refractivity contribution is 5.20. The highest BCUT2D eigenvalue weighted by Crippen LogP contribution is 2.60. The minimum atomic E-state index is -0.882. The van der Waals surface area contributed by atoms with Crippen LogP contribution in [0.3, 0.4) is 0 Å². The molecule has 3 N–H and O–H groups in total. The van der Waals surface area contributed by atoms with Crippen molar-refractivity contribution in [2.45, 2.75) is 71.5 Å². The van der Waals surface area contributed by atoms with Gasteiger partial charge in [-0.15, -0.1) is 6.58 Å². The Kier molecular flexibility index (Phi) is 5.16. The van der Waals surface area contributed by atoms with Crippen LogP contribution in [-0.2, 0) is 0 Å². The maximum Gasteiger partial charge on any atom is 0.0797 e. The van der Waals surface area contributed by atoms with E-state index in [4.69, 9.17) is 0 Å². The normalized spacial score (nSPS) is 39.1. The number of aliphatic hydroxyl groups is 3.